The number of aliphatic hydroxyl groups excluding tert-OH is 1. The van der Waals surface area contributed by atoms with Gasteiger partial charge in [-0.1, -0.05) is 0 Å². The Bertz CT molecular complexity index is 246. The standard InChI is InChI=1S/C13H26N2O3/c1-3-18-8-6-14-13(17)10-15-7-4-5-12(15)9-11(2)16/h11-12,16H,3-10H2,1-2H3,(H,14,17). The van der Waals surface area contributed by atoms with E-state index in [1.165, 1.54) is 0 Å². The fourth-order valence-electron chi connectivity index (χ4n) is 2.41. The van der Waals surface area contributed by atoms with E-state index in [9.17, 15) is 9.90 Å². The average Bonchev–Trinajstić information content (AvgIpc) is 2.71. The summed E-state index contributed by atoms with van der Waals surface area (Å²) in [4.78, 5) is 13.9. The largest absolute Gasteiger partial charge is 0.393 e. The molecule has 106 valence electrons. The maximum atomic E-state index is 11.7. The van der Waals surface area contributed by atoms with E-state index in [2.05, 4.69) is 10.2 Å². The number of ether oxygens (including phenoxy) is 1. The second-order valence-electron chi connectivity index (χ2n) is 4.90. The van der Waals surface area contributed by atoms with Gasteiger partial charge < -0.3 is 15.2 Å². The molecule has 2 atom stereocenters. The second-order valence-corrected chi connectivity index (χ2v) is 4.90. The molecule has 1 fully saturated rings. The molecule has 1 amide bonds. The maximum absolute atomic E-state index is 11.7. The van der Waals surface area contributed by atoms with Crippen molar-refractivity contribution in [1.29, 1.82) is 0 Å². The van der Waals surface area contributed by atoms with Gasteiger partial charge in [0.2, 0.25) is 5.91 Å². The lowest BCUT2D eigenvalue weighted by atomic mass is 10.1. The highest BCUT2D eigenvalue weighted by molar-refractivity contribution is 5.78. The van der Waals surface area contributed by atoms with Gasteiger partial charge in [-0.25, -0.2) is 0 Å². The number of amides is 1. The minimum Gasteiger partial charge on any atom is -0.393 e. The highest BCUT2D eigenvalue weighted by Gasteiger charge is 2.26. The molecule has 0 saturated carbocycles. The molecule has 2 unspecified atom stereocenters. The van der Waals surface area contributed by atoms with E-state index in [1.807, 2.05) is 6.92 Å². The van der Waals surface area contributed by atoms with E-state index in [0.717, 1.165) is 25.8 Å². The topological polar surface area (TPSA) is 61.8 Å². The first-order valence-corrected chi connectivity index (χ1v) is 6.90. The lowest BCUT2D eigenvalue weighted by molar-refractivity contribution is -0.122. The zero-order chi connectivity index (χ0) is 13.4. The number of rotatable bonds is 8. The fourth-order valence-corrected chi connectivity index (χ4v) is 2.41. The lowest BCUT2D eigenvalue weighted by Crippen LogP contribution is -2.41. The Morgan fingerprint density at radius 1 is 1.61 bits per heavy atom. The number of carbonyl (C=O) groups is 1. The highest BCUT2D eigenvalue weighted by Crippen LogP contribution is 2.20. The zero-order valence-electron chi connectivity index (χ0n) is 11.5. The van der Waals surface area contributed by atoms with Gasteiger partial charge in [0.1, 0.15) is 0 Å². The van der Waals surface area contributed by atoms with Gasteiger partial charge in [0.25, 0.3) is 0 Å². The smallest absolute Gasteiger partial charge is 0.234 e. The Balaban J connectivity index is 2.21. The molecule has 0 aromatic carbocycles. The van der Waals surface area contributed by atoms with Crippen LogP contribution in [0.5, 0.6) is 0 Å². The molecular formula is C13H26N2O3. The van der Waals surface area contributed by atoms with Gasteiger partial charge >= 0.3 is 0 Å². The Morgan fingerprint density at radius 2 is 2.39 bits per heavy atom. The van der Waals surface area contributed by atoms with E-state index in [1.54, 1.807) is 6.92 Å². The van der Waals surface area contributed by atoms with E-state index >= 15 is 0 Å². The van der Waals surface area contributed by atoms with Crippen molar-refractivity contribution in [2.24, 2.45) is 0 Å². The SMILES string of the molecule is CCOCCNC(=O)CN1CCCC1CC(C)O. The second kappa shape index (κ2) is 8.45. The zero-order valence-corrected chi connectivity index (χ0v) is 11.5. The third kappa shape index (κ3) is 5.80. The summed E-state index contributed by atoms with van der Waals surface area (Å²) in [5, 5.41) is 12.3. The van der Waals surface area contributed by atoms with Crippen molar-refractivity contribution in [3.05, 3.63) is 0 Å². The Morgan fingerprint density at radius 3 is 3.06 bits per heavy atom. The molecular weight excluding hydrogens is 232 g/mol. The molecule has 0 spiro atoms. The number of likely N-dealkylation sites (tertiary alicyclic amines) is 1. The van der Waals surface area contributed by atoms with Crippen molar-refractivity contribution in [3.63, 3.8) is 0 Å². The van der Waals surface area contributed by atoms with Crippen molar-refractivity contribution in [1.82, 2.24) is 10.2 Å². The van der Waals surface area contributed by atoms with Crippen LogP contribution in [0.3, 0.4) is 0 Å². The van der Waals surface area contributed by atoms with Crippen LogP contribution in [0.2, 0.25) is 0 Å². The fraction of sp³-hybridized carbons (Fsp3) is 0.923. The molecule has 5 nitrogen and oxygen atoms in total. The number of hydrogen-bond acceptors (Lipinski definition) is 4. The summed E-state index contributed by atoms with van der Waals surface area (Å²) in [6.07, 6.45) is 2.66. The van der Waals surface area contributed by atoms with Crippen molar-refractivity contribution in [2.45, 2.75) is 45.3 Å². The molecule has 18 heavy (non-hydrogen) atoms. The van der Waals surface area contributed by atoms with E-state index in [-0.39, 0.29) is 12.0 Å². The average molecular weight is 258 g/mol. The van der Waals surface area contributed by atoms with E-state index in [4.69, 9.17) is 4.74 Å². The predicted octanol–water partition coefficient (Wildman–Crippen LogP) is 0.374. The van der Waals surface area contributed by atoms with Crippen LogP contribution in [0, 0.1) is 0 Å². The monoisotopic (exact) mass is 258 g/mol. The van der Waals surface area contributed by atoms with Crippen LogP contribution in [0.25, 0.3) is 0 Å². The Labute approximate surface area is 109 Å². The van der Waals surface area contributed by atoms with Gasteiger partial charge in [0.05, 0.1) is 19.3 Å². The minimum absolute atomic E-state index is 0.0483. The molecule has 1 saturated heterocycles. The van der Waals surface area contributed by atoms with Crippen LogP contribution >= 0.6 is 0 Å². The first-order valence-electron chi connectivity index (χ1n) is 6.90. The molecule has 0 radical (unpaired) electrons. The summed E-state index contributed by atoms with van der Waals surface area (Å²) >= 11 is 0. The summed E-state index contributed by atoms with van der Waals surface area (Å²) < 4.78 is 5.17. The molecule has 0 aliphatic carbocycles. The molecule has 1 heterocycles. The molecule has 1 rings (SSSR count). The summed E-state index contributed by atoms with van der Waals surface area (Å²) in [6.45, 7) is 6.95. The van der Waals surface area contributed by atoms with E-state index < -0.39 is 0 Å². The van der Waals surface area contributed by atoms with Crippen molar-refractivity contribution in [2.75, 3.05) is 32.8 Å². The van der Waals surface area contributed by atoms with Gasteiger partial charge in [-0.15, -0.1) is 0 Å². The third-order valence-electron chi connectivity index (χ3n) is 3.23. The van der Waals surface area contributed by atoms with Crippen LogP contribution in [0.4, 0.5) is 0 Å². The molecule has 5 heteroatoms. The summed E-state index contributed by atoms with van der Waals surface area (Å²) in [6, 6.07) is 0.350. The molecule has 2 N–H and O–H groups in total. The van der Waals surface area contributed by atoms with E-state index in [0.29, 0.717) is 32.3 Å². The van der Waals surface area contributed by atoms with Gasteiger partial charge in [-0.05, 0) is 39.7 Å². The Kier molecular flexibility index (Phi) is 7.23. The van der Waals surface area contributed by atoms with Gasteiger partial charge in [0, 0.05) is 19.2 Å². The molecule has 0 aromatic rings. The lowest BCUT2D eigenvalue weighted by Gasteiger charge is -2.24. The van der Waals surface area contributed by atoms with Gasteiger partial charge in [-0.2, -0.15) is 0 Å². The van der Waals surface area contributed by atoms with Crippen LogP contribution in [-0.2, 0) is 9.53 Å². The van der Waals surface area contributed by atoms with Crippen LogP contribution in [-0.4, -0.2) is 60.9 Å². The van der Waals surface area contributed by atoms with Crippen molar-refractivity contribution in [3.8, 4) is 0 Å². The van der Waals surface area contributed by atoms with Crippen molar-refractivity contribution < 1.29 is 14.6 Å². The van der Waals surface area contributed by atoms with Crippen LogP contribution in [0.15, 0.2) is 0 Å². The molecule has 0 bridgehead atoms. The number of hydrogen-bond donors (Lipinski definition) is 2. The Hall–Kier alpha value is -0.650. The minimum atomic E-state index is -0.295. The number of aliphatic hydroxyl groups is 1. The predicted molar refractivity (Wildman–Crippen MR) is 70.4 cm³/mol. The first kappa shape index (κ1) is 15.4. The molecule has 1 aliphatic heterocycles. The molecule has 1 aliphatic rings. The number of nitrogens with one attached hydrogen (secondary N) is 1. The maximum Gasteiger partial charge on any atom is 0.234 e. The summed E-state index contributed by atoms with van der Waals surface area (Å²) in [5.74, 6) is 0.0483. The first-order chi connectivity index (χ1) is 8.63. The van der Waals surface area contributed by atoms with Gasteiger partial charge in [0.15, 0.2) is 0 Å². The summed E-state index contributed by atoms with van der Waals surface area (Å²) in [7, 11) is 0. The quantitative estimate of drug-likeness (QED) is 0.618. The highest BCUT2D eigenvalue weighted by atomic mass is 16.5. The van der Waals surface area contributed by atoms with Crippen molar-refractivity contribution >= 4 is 5.91 Å². The third-order valence-corrected chi connectivity index (χ3v) is 3.23. The van der Waals surface area contributed by atoms with Gasteiger partial charge in [-0.3, -0.25) is 9.69 Å². The number of carbonyl (C=O) groups excluding carboxylic acids is 1. The number of nitrogens with zero attached hydrogens (tertiary/aromatic N) is 1. The summed E-state index contributed by atoms with van der Waals surface area (Å²) in [5.41, 5.74) is 0. The van der Waals surface area contributed by atoms with Crippen LogP contribution in [0.1, 0.15) is 33.1 Å². The van der Waals surface area contributed by atoms with Crippen LogP contribution < -0.4 is 5.32 Å². The normalized spacial score (nSPS) is 22.1. The molecule has 0 aromatic heterocycles.